The summed E-state index contributed by atoms with van der Waals surface area (Å²) in [5, 5.41) is 0. The fraction of sp³-hybridized carbons (Fsp3) is 1.00. The lowest BCUT2D eigenvalue weighted by atomic mass is 10.1. The highest BCUT2D eigenvalue weighted by Crippen LogP contribution is 2.18. The molecule has 0 aliphatic carbocycles. The van der Waals surface area contributed by atoms with Crippen LogP contribution in [0, 0.1) is 0 Å². The van der Waals surface area contributed by atoms with Crippen LogP contribution in [-0.2, 0) is 14.2 Å². The number of ether oxygens (including phenoxy) is 3. The molecule has 0 spiro atoms. The molecule has 0 saturated carbocycles. The van der Waals surface area contributed by atoms with E-state index < -0.39 is 0 Å². The average molecular weight is 341 g/mol. The highest BCUT2D eigenvalue weighted by Gasteiger charge is 2.31. The zero-order valence-electron chi connectivity index (χ0n) is 15.7. The molecule has 3 saturated heterocycles. The van der Waals surface area contributed by atoms with Crippen molar-refractivity contribution in [3.8, 4) is 0 Å². The Hall–Kier alpha value is -0.240. The van der Waals surface area contributed by atoms with Crippen molar-refractivity contribution in [3.63, 3.8) is 0 Å². The van der Waals surface area contributed by atoms with Crippen molar-refractivity contribution in [3.05, 3.63) is 0 Å². The molecule has 6 heteroatoms. The first-order chi connectivity index (χ1) is 11.6. The van der Waals surface area contributed by atoms with E-state index in [0.29, 0.717) is 24.4 Å². The maximum Gasteiger partial charge on any atom is 0.0832 e. The van der Waals surface area contributed by atoms with Crippen molar-refractivity contribution in [2.24, 2.45) is 0 Å². The van der Waals surface area contributed by atoms with E-state index in [1.165, 1.54) is 0 Å². The Kier molecular flexibility index (Phi) is 6.89. The minimum absolute atomic E-state index is 0.299. The Bertz CT molecular complexity index is 379. The second-order valence-corrected chi connectivity index (χ2v) is 7.71. The van der Waals surface area contributed by atoms with Crippen LogP contribution in [0.4, 0.5) is 0 Å². The van der Waals surface area contributed by atoms with Crippen molar-refractivity contribution in [2.45, 2.75) is 44.7 Å². The molecular weight excluding hydrogens is 306 g/mol. The molecule has 3 aliphatic heterocycles. The van der Waals surface area contributed by atoms with Gasteiger partial charge in [-0.15, -0.1) is 0 Å². The first-order valence-corrected chi connectivity index (χ1v) is 9.64. The van der Waals surface area contributed by atoms with Gasteiger partial charge < -0.3 is 19.1 Å². The lowest BCUT2D eigenvalue weighted by Gasteiger charge is -2.43. The van der Waals surface area contributed by atoms with Gasteiger partial charge in [-0.25, -0.2) is 0 Å². The van der Waals surface area contributed by atoms with Crippen LogP contribution in [0.3, 0.4) is 0 Å². The molecule has 3 rings (SSSR count). The maximum absolute atomic E-state index is 6.28. The first kappa shape index (κ1) is 18.5. The molecule has 0 N–H and O–H groups in total. The largest absolute Gasteiger partial charge is 0.379 e. The Morgan fingerprint density at radius 3 is 2.25 bits per heavy atom. The van der Waals surface area contributed by atoms with E-state index in [0.717, 1.165) is 72.0 Å². The third-order valence-electron chi connectivity index (χ3n) is 5.30. The van der Waals surface area contributed by atoms with E-state index >= 15 is 0 Å². The topological polar surface area (TPSA) is 37.4 Å². The van der Waals surface area contributed by atoms with Gasteiger partial charge in [0.15, 0.2) is 0 Å². The van der Waals surface area contributed by atoms with Crippen LogP contribution in [0.2, 0.25) is 0 Å². The lowest BCUT2D eigenvalue weighted by Crippen LogP contribution is -2.56. The lowest BCUT2D eigenvalue weighted by molar-refractivity contribution is -0.125. The van der Waals surface area contributed by atoms with Gasteiger partial charge in [0.25, 0.3) is 0 Å². The summed E-state index contributed by atoms with van der Waals surface area (Å²) in [5.74, 6) is 0. The molecule has 0 aromatic rings. The molecule has 24 heavy (non-hydrogen) atoms. The van der Waals surface area contributed by atoms with Crippen LogP contribution in [-0.4, -0.2) is 112 Å². The predicted molar refractivity (Wildman–Crippen MR) is 94.5 cm³/mol. The molecule has 4 atom stereocenters. The molecule has 6 nitrogen and oxygen atoms in total. The fourth-order valence-electron chi connectivity index (χ4n) is 4.20. The highest BCUT2D eigenvalue weighted by atomic mass is 16.5. The predicted octanol–water partition coefficient (Wildman–Crippen LogP) is 0.517. The van der Waals surface area contributed by atoms with Gasteiger partial charge in [0, 0.05) is 52.4 Å². The summed E-state index contributed by atoms with van der Waals surface area (Å²) < 4.78 is 17.9. The minimum atomic E-state index is 0.299. The number of hydrogen-bond donors (Lipinski definition) is 0. The van der Waals surface area contributed by atoms with Gasteiger partial charge in [-0.1, -0.05) is 6.92 Å². The zero-order chi connectivity index (χ0) is 16.9. The Labute approximate surface area is 147 Å². The van der Waals surface area contributed by atoms with Gasteiger partial charge in [-0.3, -0.25) is 9.80 Å². The van der Waals surface area contributed by atoms with Crippen LogP contribution in [0.1, 0.15) is 20.3 Å². The minimum Gasteiger partial charge on any atom is -0.379 e. The third-order valence-corrected chi connectivity index (χ3v) is 5.30. The van der Waals surface area contributed by atoms with E-state index in [4.69, 9.17) is 14.2 Å². The van der Waals surface area contributed by atoms with Crippen molar-refractivity contribution in [1.82, 2.24) is 14.7 Å². The third kappa shape index (κ3) is 5.38. The normalized spacial score (nSPS) is 37.6. The number of morpholine rings is 3. The summed E-state index contributed by atoms with van der Waals surface area (Å²) in [6.45, 7) is 14.4. The molecule has 0 aromatic carbocycles. The van der Waals surface area contributed by atoms with E-state index in [1.54, 1.807) is 0 Å². The zero-order valence-corrected chi connectivity index (χ0v) is 15.7. The molecule has 0 radical (unpaired) electrons. The molecule has 0 aromatic heterocycles. The Morgan fingerprint density at radius 1 is 0.833 bits per heavy atom. The summed E-state index contributed by atoms with van der Waals surface area (Å²) >= 11 is 0. The first-order valence-electron chi connectivity index (χ1n) is 9.64. The summed E-state index contributed by atoms with van der Waals surface area (Å²) in [7, 11) is 2.21. The number of nitrogens with zero attached hydrogens (tertiary/aromatic N) is 3. The van der Waals surface area contributed by atoms with Gasteiger partial charge >= 0.3 is 0 Å². The maximum atomic E-state index is 6.28. The van der Waals surface area contributed by atoms with Crippen LogP contribution in [0.15, 0.2) is 0 Å². The summed E-state index contributed by atoms with van der Waals surface area (Å²) in [6.07, 6.45) is 2.41. The highest BCUT2D eigenvalue weighted by molar-refractivity contribution is 4.83. The second-order valence-electron chi connectivity index (χ2n) is 7.71. The van der Waals surface area contributed by atoms with Crippen molar-refractivity contribution < 1.29 is 14.2 Å². The molecule has 140 valence electrons. The van der Waals surface area contributed by atoms with Crippen LogP contribution >= 0.6 is 0 Å². The van der Waals surface area contributed by atoms with Crippen molar-refractivity contribution >= 4 is 0 Å². The smallest absolute Gasteiger partial charge is 0.0832 e. The standard InChI is InChI=1S/C18H35N3O3/c1-4-16-10-19(3)11-17(24-16)13-21-9-15(2)23-18(14-21)12-20-5-7-22-8-6-20/h15-18H,4-14H2,1-3H3/t15-,16-,17?,18?/m0/s1. The monoisotopic (exact) mass is 341 g/mol. The van der Waals surface area contributed by atoms with Crippen molar-refractivity contribution in [1.29, 1.82) is 0 Å². The summed E-state index contributed by atoms with van der Waals surface area (Å²) in [6, 6.07) is 0. The van der Waals surface area contributed by atoms with Gasteiger partial charge in [-0.05, 0) is 20.4 Å². The summed E-state index contributed by atoms with van der Waals surface area (Å²) in [5.41, 5.74) is 0. The number of hydrogen-bond acceptors (Lipinski definition) is 6. The van der Waals surface area contributed by atoms with Crippen LogP contribution in [0.25, 0.3) is 0 Å². The van der Waals surface area contributed by atoms with Gasteiger partial charge in [0.05, 0.1) is 37.6 Å². The second kappa shape index (κ2) is 8.92. The van der Waals surface area contributed by atoms with Crippen LogP contribution < -0.4 is 0 Å². The van der Waals surface area contributed by atoms with E-state index in [2.05, 4.69) is 35.6 Å². The van der Waals surface area contributed by atoms with Gasteiger partial charge in [0.1, 0.15) is 0 Å². The molecule has 3 fully saturated rings. The SMILES string of the molecule is CC[C@H]1CN(C)CC(CN2CC(CN3CCOCC3)O[C@@H](C)C2)O1. The average Bonchev–Trinajstić information content (AvgIpc) is 2.54. The number of likely N-dealkylation sites (N-methyl/N-ethyl adjacent to an activating group) is 1. The van der Waals surface area contributed by atoms with E-state index in [9.17, 15) is 0 Å². The van der Waals surface area contributed by atoms with Crippen LogP contribution in [0.5, 0.6) is 0 Å². The van der Waals surface area contributed by atoms with E-state index in [1.807, 2.05) is 0 Å². The number of rotatable bonds is 5. The summed E-state index contributed by atoms with van der Waals surface area (Å²) in [4.78, 5) is 7.44. The van der Waals surface area contributed by atoms with Crippen molar-refractivity contribution in [2.75, 3.05) is 72.6 Å². The van der Waals surface area contributed by atoms with Gasteiger partial charge in [0.2, 0.25) is 0 Å². The van der Waals surface area contributed by atoms with E-state index in [-0.39, 0.29) is 0 Å². The molecule has 0 amide bonds. The van der Waals surface area contributed by atoms with Gasteiger partial charge in [-0.2, -0.15) is 0 Å². The molecule has 0 bridgehead atoms. The Morgan fingerprint density at radius 2 is 1.50 bits per heavy atom. The fourth-order valence-corrected chi connectivity index (χ4v) is 4.20. The Balaban J connectivity index is 1.49. The molecular formula is C18H35N3O3. The molecule has 3 aliphatic rings. The quantitative estimate of drug-likeness (QED) is 0.726. The molecule has 2 unspecified atom stereocenters. The molecule has 3 heterocycles.